The van der Waals surface area contributed by atoms with Crippen molar-refractivity contribution in [3.63, 3.8) is 0 Å². The number of ether oxygens (including phenoxy) is 2. The smallest absolute Gasteiger partial charge is 0.434 e. The van der Waals surface area contributed by atoms with Crippen LogP contribution < -0.4 is 0 Å². The summed E-state index contributed by atoms with van der Waals surface area (Å²) in [6, 6.07) is 0. The number of halogens is 1. The number of hydrogen-bond donors (Lipinski definition) is 0. The summed E-state index contributed by atoms with van der Waals surface area (Å²) in [7, 11) is 0. The topological polar surface area (TPSA) is 35.5 Å². The summed E-state index contributed by atoms with van der Waals surface area (Å²) in [6.07, 6.45) is 10.4. The largest absolute Gasteiger partial charge is 0.509 e. The molecule has 0 aliphatic heterocycles. The van der Waals surface area contributed by atoms with Crippen LogP contribution in [0.5, 0.6) is 0 Å². The van der Waals surface area contributed by atoms with Crippen molar-refractivity contribution in [1.82, 2.24) is 0 Å². The molecule has 0 aromatic carbocycles. The minimum atomic E-state index is -0.809. The lowest BCUT2D eigenvalue weighted by molar-refractivity contribution is 0.0400. The third kappa shape index (κ3) is 7.73. The van der Waals surface area contributed by atoms with Gasteiger partial charge in [0.2, 0.25) is 0 Å². The highest BCUT2D eigenvalue weighted by molar-refractivity contribution is 6.19. The predicted molar refractivity (Wildman–Crippen MR) is 58.1 cm³/mol. The first-order valence-electron chi connectivity index (χ1n) is 4.44. The van der Waals surface area contributed by atoms with Crippen LogP contribution in [-0.4, -0.2) is 18.3 Å². The predicted octanol–water partition coefficient (Wildman–Crippen LogP) is 2.39. The molecular formula is C11H13ClO3. The lowest BCUT2D eigenvalue weighted by atomic mass is 10.0. The molecule has 0 aromatic heterocycles. The fourth-order valence-electron chi connectivity index (χ4n) is 0.876. The zero-order valence-corrected chi connectivity index (χ0v) is 9.29. The minimum absolute atomic E-state index is 0.0295. The quantitative estimate of drug-likeness (QED) is 0.412. The second-order valence-corrected chi connectivity index (χ2v) is 3.52. The third-order valence-electron chi connectivity index (χ3n) is 1.51. The van der Waals surface area contributed by atoms with Crippen molar-refractivity contribution < 1.29 is 14.3 Å². The Morgan fingerprint density at radius 2 is 1.93 bits per heavy atom. The van der Waals surface area contributed by atoms with E-state index >= 15 is 0 Å². The molecule has 15 heavy (non-hydrogen) atoms. The SMILES string of the molecule is C#CCC(CC#C)COC(=O)OC(C)Cl. The van der Waals surface area contributed by atoms with Gasteiger partial charge in [0.15, 0.2) is 5.56 Å². The van der Waals surface area contributed by atoms with E-state index in [9.17, 15) is 4.79 Å². The van der Waals surface area contributed by atoms with Gasteiger partial charge in [-0.3, -0.25) is 0 Å². The Hall–Kier alpha value is -1.32. The summed E-state index contributed by atoms with van der Waals surface area (Å²) in [6.45, 7) is 1.67. The highest BCUT2D eigenvalue weighted by atomic mass is 35.5. The Bertz CT molecular complexity index is 257. The van der Waals surface area contributed by atoms with Gasteiger partial charge in [-0.25, -0.2) is 4.79 Å². The van der Waals surface area contributed by atoms with Gasteiger partial charge in [0.05, 0.1) is 6.61 Å². The molecule has 0 rings (SSSR count). The van der Waals surface area contributed by atoms with Crippen molar-refractivity contribution >= 4 is 17.8 Å². The molecule has 0 radical (unpaired) electrons. The second-order valence-electron chi connectivity index (χ2n) is 2.90. The van der Waals surface area contributed by atoms with Crippen molar-refractivity contribution in [2.45, 2.75) is 25.3 Å². The molecule has 4 heteroatoms. The van der Waals surface area contributed by atoms with Gasteiger partial charge in [0.1, 0.15) is 0 Å². The van der Waals surface area contributed by atoms with Gasteiger partial charge in [0, 0.05) is 18.8 Å². The van der Waals surface area contributed by atoms with Crippen molar-refractivity contribution in [1.29, 1.82) is 0 Å². The Balaban J connectivity index is 3.85. The molecule has 0 bridgehead atoms. The molecule has 0 spiro atoms. The van der Waals surface area contributed by atoms with Crippen LogP contribution >= 0.6 is 11.6 Å². The first-order chi connectivity index (χ1) is 7.10. The second kappa shape index (κ2) is 8.03. The lowest BCUT2D eigenvalue weighted by Gasteiger charge is -2.12. The van der Waals surface area contributed by atoms with Crippen molar-refractivity contribution in [2.75, 3.05) is 6.61 Å². The van der Waals surface area contributed by atoms with Crippen LogP contribution in [0.3, 0.4) is 0 Å². The molecule has 82 valence electrons. The van der Waals surface area contributed by atoms with Crippen LogP contribution in [0.15, 0.2) is 0 Å². The Labute approximate surface area is 95.1 Å². The van der Waals surface area contributed by atoms with E-state index in [4.69, 9.17) is 29.2 Å². The van der Waals surface area contributed by atoms with Gasteiger partial charge < -0.3 is 9.47 Å². The van der Waals surface area contributed by atoms with E-state index in [1.165, 1.54) is 6.92 Å². The molecule has 0 aliphatic rings. The molecule has 0 aliphatic carbocycles. The van der Waals surface area contributed by atoms with Gasteiger partial charge in [-0.2, -0.15) is 0 Å². The van der Waals surface area contributed by atoms with Crippen LogP contribution in [0.25, 0.3) is 0 Å². The summed E-state index contributed by atoms with van der Waals surface area (Å²) >= 11 is 5.42. The summed E-state index contributed by atoms with van der Waals surface area (Å²) in [4.78, 5) is 10.9. The standard InChI is InChI=1S/C11H13ClO3/c1-4-6-10(7-5-2)8-14-11(13)15-9(3)12/h1-2,9-10H,6-8H2,3H3. The van der Waals surface area contributed by atoms with Crippen LogP contribution in [-0.2, 0) is 9.47 Å². The van der Waals surface area contributed by atoms with Gasteiger partial charge in [0.25, 0.3) is 0 Å². The highest BCUT2D eigenvalue weighted by Crippen LogP contribution is 2.08. The summed E-state index contributed by atoms with van der Waals surface area (Å²) in [5.74, 6) is 4.90. The van der Waals surface area contributed by atoms with Gasteiger partial charge in [-0.05, 0) is 6.92 Å². The van der Waals surface area contributed by atoms with E-state index < -0.39 is 11.7 Å². The first kappa shape index (κ1) is 13.7. The van der Waals surface area contributed by atoms with Crippen LogP contribution in [0.4, 0.5) is 4.79 Å². The van der Waals surface area contributed by atoms with Crippen LogP contribution in [0.1, 0.15) is 19.8 Å². The van der Waals surface area contributed by atoms with E-state index in [-0.39, 0.29) is 12.5 Å². The molecule has 0 saturated heterocycles. The first-order valence-corrected chi connectivity index (χ1v) is 4.88. The zero-order valence-electron chi connectivity index (χ0n) is 8.53. The normalized spacial score (nSPS) is 11.3. The van der Waals surface area contributed by atoms with Gasteiger partial charge in [-0.1, -0.05) is 11.6 Å². The molecule has 0 saturated carbocycles. The van der Waals surface area contributed by atoms with Gasteiger partial charge >= 0.3 is 6.16 Å². The lowest BCUT2D eigenvalue weighted by Crippen LogP contribution is -2.16. The number of carbonyl (C=O) groups excluding carboxylic acids is 1. The number of hydrogen-bond acceptors (Lipinski definition) is 3. The molecule has 0 aromatic rings. The average Bonchev–Trinajstić information content (AvgIpc) is 2.14. The van der Waals surface area contributed by atoms with Gasteiger partial charge in [-0.15, -0.1) is 24.7 Å². The molecule has 0 N–H and O–H groups in total. The summed E-state index contributed by atoms with van der Waals surface area (Å²) < 4.78 is 9.34. The van der Waals surface area contributed by atoms with E-state index in [0.29, 0.717) is 12.8 Å². The molecule has 3 nitrogen and oxygen atoms in total. The maximum Gasteiger partial charge on any atom is 0.509 e. The molecule has 1 unspecified atom stereocenters. The molecule has 1 atom stereocenters. The third-order valence-corrected chi connectivity index (χ3v) is 1.60. The fraction of sp³-hybridized carbons (Fsp3) is 0.545. The molecule has 0 fully saturated rings. The van der Waals surface area contributed by atoms with E-state index in [1.807, 2.05) is 0 Å². The van der Waals surface area contributed by atoms with Crippen molar-refractivity contribution in [3.8, 4) is 24.7 Å². The minimum Gasteiger partial charge on any atom is -0.434 e. The zero-order chi connectivity index (χ0) is 11.7. The number of terminal acetylenes is 2. The Morgan fingerprint density at radius 3 is 2.33 bits per heavy atom. The molecule has 0 heterocycles. The Morgan fingerprint density at radius 1 is 1.40 bits per heavy atom. The van der Waals surface area contributed by atoms with Crippen LogP contribution in [0, 0.1) is 30.6 Å². The summed E-state index contributed by atoms with van der Waals surface area (Å²) in [5.41, 5.74) is -0.712. The number of carbonyl (C=O) groups is 1. The summed E-state index contributed by atoms with van der Waals surface area (Å²) in [5, 5.41) is 0. The van der Waals surface area contributed by atoms with Crippen LogP contribution in [0.2, 0.25) is 0 Å². The van der Waals surface area contributed by atoms with E-state index in [0.717, 1.165) is 0 Å². The average molecular weight is 229 g/mol. The highest BCUT2D eigenvalue weighted by Gasteiger charge is 2.12. The van der Waals surface area contributed by atoms with E-state index in [1.54, 1.807) is 0 Å². The number of rotatable bonds is 5. The molecule has 0 amide bonds. The Kier molecular flexibility index (Phi) is 7.32. The maximum absolute atomic E-state index is 10.9. The van der Waals surface area contributed by atoms with E-state index in [2.05, 4.69) is 16.6 Å². The monoisotopic (exact) mass is 228 g/mol. The fourth-order valence-corrected chi connectivity index (χ4v) is 0.949. The maximum atomic E-state index is 10.9. The van der Waals surface area contributed by atoms with Crippen molar-refractivity contribution in [2.24, 2.45) is 5.92 Å². The molecular weight excluding hydrogens is 216 g/mol. The van der Waals surface area contributed by atoms with Crippen molar-refractivity contribution in [3.05, 3.63) is 0 Å². The number of alkyl halides is 1.